The molecule has 1 atom stereocenters. The number of rotatable bonds is 11. The molecule has 0 amide bonds. The second-order valence-electron chi connectivity index (χ2n) is 7.79. The lowest BCUT2D eigenvalue weighted by Crippen LogP contribution is -2.44. The van der Waals surface area contributed by atoms with Crippen LogP contribution in [0.1, 0.15) is 45.2 Å². The predicted molar refractivity (Wildman–Crippen MR) is 125 cm³/mol. The Hall–Kier alpha value is -1.99. The molecule has 2 N–H and O–H groups in total. The molecule has 1 fully saturated rings. The number of piperazine rings is 1. The largest absolute Gasteiger partial charge is 0.490 e. The average molecular weight is 420 g/mol. The predicted octanol–water partition coefficient (Wildman–Crippen LogP) is 2.74. The van der Waals surface area contributed by atoms with Crippen molar-refractivity contribution in [2.24, 2.45) is 4.99 Å². The van der Waals surface area contributed by atoms with Crippen LogP contribution in [0.3, 0.4) is 0 Å². The molecule has 1 aromatic carbocycles. The van der Waals surface area contributed by atoms with E-state index in [1.165, 1.54) is 39.1 Å². The van der Waals surface area contributed by atoms with Crippen LogP contribution >= 0.6 is 0 Å². The van der Waals surface area contributed by atoms with Crippen molar-refractivity contribution in [3.05, 3.63) is 23.8 Å². The van der Waals surface area contributed by atoms with E-state index in [-0.39, 0.29) is 6.04 Å². The summed E-state index contributed by atoms with van der Waals surface area (Å²) in [7, 11) is 4.02. The van der Waals surface area contributed by atoms with E-state index in [1.807, 2.05) is 27.0 Å². The van der Waals surface area contributed by atoms with Gasteiger partial charge in [-0.2, -0.15) is 0 Å². The van der Waals surface area contributed by atoms with E-state index in [0.717, 1.165) is 36.0 Å². The first-order valence-electron chi connectivity index (χ1n) is 11.3. The zero-order valence-electron chi connectivity index (χ0n) is 19.5. The molecule has 7 nitrogen and oxygen atoms in total. The van der Waals surface area contributed by atoms with Crippen molar-refractivity contribution in [3.8, 4) is 11.5 Å². The van der Waals surface area contributed by atoms with Crippen molar-refractivity contribution in [1.82, 2.24) is 20.4 Å². The minimum absolute atomic E-state index is 0.108. The summed E-state index contributed by atoms with van der Waals surface area (Å²) >= 11 is 0. The highest BCUT2D eigenvalue weighted by atomic mass is 16.5. The summed E-state index contributed by atoms with van der Waals surface area (Å²) in [4.78, 5) is 9.34. The van der Waals surface area contributed by atoms with Gasteiger partial charge in [0.15, 0.2) is 17.5 Å². The first kappa shape index (κ1) is 24.3. The number of nitrogens with zero attached hydrogens (tertiary/aromatic N) is 3. The van der Waals surface area contributed by atoms with Crippen LogP contribution in [0.5, 0.6) is 11.5 Å². The van der Waals surface area contributed by atoms with Crippen LogP contribution < -0.4 is 20.1 Å². The van der Waals surface area contributed by atoms with Gasteiger partial charge in [0.05, 0.1) is 19.3 Å². The maximum Gasteiger partial charge on any atom is 0.191 e. The van der Waals surface area contributed by atoms with Crippen LogP contribution in [0.4, 0.5) is 0 Å². The normalized spacial score (nSPS) is 16.9. The fourth-order valence-electron chi connectivity index (χ4n) is 3.56. The van der Waals surface area contributed by atoms with Crippen molar-refractivity contribution in [3.63, 3.8) is 0 Å². The highest BCUT2D eigenvalue weighted by Crippen LogP contribution is 2.30. The van der Waals surface area contributed by atoms with Crippen LogP contribution in [-0.4, -0.2) is 82.3 Å². The number of benzene rings is 1. The molecule has 170 valence electrons. The highest BCUT2D eigenvalue weighted by molar-refractivity contribution is 5.80. The van der Waals surface area contributed by atoms with E-state index >= 15 is 0 Å². The molecular formula is C23H41N5O2. The fraction of sp³-hybridized carbons (Fsp3) is 0.696. The van der Waals surface area contributed by atoms with Crippen LogP contribution in [0.25, 0.3) is 0 Å². The van der Waals surface area contributed by atoms with Gasteiger partial charge >= 0.3 is 0 Å². The van der Waals surface area contributed by atoms with Crippen molar-refractivity contribution in [2.75, 3.05) is 66.6 Å². The second kappa shape index (κ2) is 13.3. The van der Waals surface area contributed by atoms with E-state index in [1.54, 1.807) is 0 Å². The summed E-state index contributed by atoms with van der Waals surface area (Å²) in [5.41, 5.74) is 1.14. The topological polar surface area (TPSA) is 61.4 Å². The first-order chi connectivity index (χ1) is 14.6. The Labute approximate surface area is 182 Å². The number of ether oxygens (including phenoxy) is 2. The maximum atomic E-state index is 5.75. The van der Waals surface area contributed by atoms with Gasteiger partial charge < -0.3 is 29.9 Å². The Bertz CT molecular complexity index is 644. The van der Waals surface area contributed by atoms with E-state index in [0.29, 0.717) is 13.2 Å². The van der Waals surface area contributed by atoms with Crippen LogP contribution in [-0.2, 0) is 0 Å². The number of hydrogen-bond acceptors (Lipinski definition) is 5. The number of hydrogen-bond donors (Lipinski definition) is 2. The molecule has 2 rings (SSSR count). The summed E-state index contributed by atoms with van der Waals surface area (Å²) in [6.07, 6.45) is 2.35. The third kappa shape index (κ3) is 8.03. The van der Waals surface area contributed by atoms with Gasteiger partial charge in [-0.05, 0) is 64.9 Å². The smallest absolute Gasteiger partial charge is 0.191 e. The SMILES string of the molecule is CCOc1ccc(C(C)NC(=NC)NCCCCN2CCN(C)CC2)cc1OCC. The third-order valence-corrected chi connectivity index (χ3v) is 5.43. The molecule has 0 bridgehead atoms. The van der Waals surface area contributed by atoms with Crippen LogP contribution in [0.15, 0.2) is 23.2 Å². The van der Waals surface area contributed by atoms with E-state index in [2.05, 4.69) is 51.5 Å². The monoisotopic (exact) mass is 419 g/mol. The molecule has 0 aromatic heterocycles. The molecule has 0 spiro atoms. The zero-order chi connectivity index (χ0) is 21.8. The summed E-state index contributed by atoms with van der Waals surface area (Å²) in [5, 5.41) is 6.92. The summed E-state index contributed by atoms with van der Waals surface area (Å²) in [6, 6.07) is 6.22. The first-order valence-corrected chi connectivity index (χ1v) is 11.3. The van der Waals surface area contributed by atoms with E-state index in [4.69, 9.17) is 9.47 Å². The lowest BCUT2D eigenvalue weighted by molar-refractivity contribution is 0.152. The number of unbranched alkanes of at least 4 members (excludes halogenated alkanes) is 1. The number of aliphatic imine (C=N–C) groups is 1. The quantitative estimate of drug-likeness (QED) is 0.327. The Morgan fingerprint density at radius 2 is 1.77 bits per heavy atom. The highest BCUT2D eigenvalue weighted by Gasteiger charge is 2.14. The Balaban J connectivity index is 1.76. The summed E-state index contributed by atoms with van der Waals surface area (Å²) in [6.45, 7) is 14.2. The fourth-order valence-corrected chi connectivity index (χ4v) is 3.56. The molecule has 0 saturated carbocycles. The molecule has 1 aliphatic rings. The molecule has 7 heteroatoms. The molecule has 30 heavy (non-hydrogen) atoms. The zero-order valence-corrected chi connectivity index (χ0v) is 19.5. The van der Waals surface area contributed by atoms with Crippen molar-refractivity contribution >= 4 is 5.96 Å². The molecule has 1 saturated heterocycles. The number of nitrogens with one attached hydrogen (secondary N) is 2. The summed E-state index contributed by atoms with van der Waals surface area (Å²) in [5.74, 6) is 2.41. The van der Waals surface area contributed by atoms with Gasteiger partial charge in [0, 0.05) is 39.8 Å². The van der Waals surface area contributed by atoms with E-state index < -0.39 is 0 Å². The van der Waals surface area contributed by atoms with Crippen LogP contribution in [0.2, 0.25) is 0 Å². The summed E-state index contributed by atoms with van der Waals surface area (Å²) < 4.78 is 11.4. The Kier molecular flexibility index (Phi) is 10.8. The minimum atomic E-state index is 0.108. The molecule has 1 aromatic rings. The van der Waals surface area contributed by atoms with Gasteiger partial charge in [-0.15, -0.1) is 0 Å². The van der Waals surface area contributed by atoms with Gasteiger partial charge in [-0.25, -0.2) is 0 Å². The third-order valence-electron chi connectivity index (χ3n) is 5.43. The molecule has 0 aliphatic carbocycles. The van der Waals surface area contributed by atoms with Crippen molar-refractivity contribution in [2.45, 2.75) is 39.7 Å². The van der Waals surface area contributed by atoms with Crippen molar-refractivity contribution in [1.29, 1.82) is 0 Å². The molecule has 1 aliphatic heterocycles. The lowest BCUT2D eigenvalue weighted by atomic mass is 10.1. The molecule has 1 unspecified atom stereocenters. The lowest BCUT2D eigenvalue weighted by Gasteiger charge is -2.32. The molecule has 0 radical (unpaired) electrons. The second-order valence-corrected chi connectivity index (χ2v) is 7.79. The molecule has 1 heterocycles. The van der Waals surface area contributed by atoms with Gasteiger partial charge in [-0.1, -0.05) is 6.07 Å². The minimum Gasteiger partial charge on any atom is -0.490 e. The van der Waals surface area contributed by atoms with Crippen molar-refractivity contribution < 1.29 is 9.47 Å². The van der Waals surface area contributed by atoms with Gasteiger partial charge in [0.1, 0.15) is 0 Å². The van der Waals surface area contributed by atoms with Crippen LogP contribution in [0, 0.1) is 0 Å². The van der Waals surface area contributed by atoms with E-state index in [9.17, 15) is 0 Å². The van der Waals surface area contributed by atoms with Gasteiger partial charge in [-0.3, -0.25) is 4.99 Å². The van der Waals surface area contributed by atoms with Gasteiger partial charge in [0.2, 0.25) is 0 Å². The van der Waals surface area contributed by atoms with Gasteiger partial charge in [0.25, 0.3) is 0 Å². The number of guanidine groups is 1. The maximum absolute atomic E-state index is 5.75. The Morgan fingerprint density at radius 1 is 1.07 bits per heavy atom. The Morgan fingerprint density at radius 3 is 2.43 bits per heavy atom. The number of likely N-dealkylation sites (N-methyl/N-ethyl adjacent to an activating group) is 1. The average Bonchev–Trinajstić information content (AvgIpc) is 2.75. The standard InChI is InChI=1S/C23H41N5O2/c1-6-29-21-11-10-20(18-22(21)30-7-2)19(3)26-23(24-4)25-12-8-9-13-28-16-14-27(5)15-17-28/h10-11,18-19H,6-9,12-17H2,1-5H3,(H2,24,25,26). The molecular weight excluding hydrogens is 378 g/mol.